The zero-order valence-corrected chi connectivity index (χ0v) is 9.79. The van der Waals surface area contributed by atoms with Crippen LogP contribution in [0.1, 0.15) is 32.6 Å². The van der Waals surface area contributed by atoms with E-state index in [1.807, 2.05) is 26.0 Å². The predicted octanol–water partition coefficient (Wildman–Crippen LogP) is 2.18. The molecule has 0 heterocycles. The number of amides is 2. The van der Waals surface area contributed by atoms with Crippen LogP contribution in [-0.4, -0.2) is 43.0 Å². The first-order valence-corrected chi connectivity index (χ1v) is 5.48. The van der Waals surface area contributed by atoms with E-state index in [0.717, 1.165) is 6.42 Å². The normalized spacial score (nSPS) is 27.1. The Bertz CT molecular complexity index is 203. The van der Waals surface area contributed by atoms with Crippen LogP contribution in [0.4, 0.5) is 4.79 Å². The van der Waals surface area contributed by atoms with E-state index in [9.17, 15) is 4.79 Å². The zero-order chi connectivity index (χ0) is 10.7. The Balaban J connectivity index is 2.57. The predicted molar refractivity (Wildman–Crippen MR) is 58.3 cm³/mol. The smallest absolute Gasteiger partial charge is 0.319 e. The fraction of sp³-hybridized carbons (Fsp3) is 0.909. The third-order valence-electron chi connectivity index (χ3n) is 3.25. The summed E-state index contributed by atoms with van der Waals surface area (Å²) in [5.74, 6) is 0.651. The fourth-order valence-corrected chi connectivity index (χ4v) is 2.33. The molecule has 0 saturated heterocycles. The number of carbonyl (C=O) groups excluding carboxylic acids is 1. The fourth-order valence-electron chi connectivity index (χ4n) is 2.33. The summed E-state index contributed by atoms with van der Waals surface area (Å²) in [7, 11) is 5.55. The first-order valence-electron chi connectivity index (χ1n) is 5.48. The molecule has 1 fully saturated rings. The maximum absolute atomic E-state index is 11.7. The Morgan fingerprint density at radius 1 is 1.14 bits per heavy atom. The van der Waals surface area contributed by atoms with Crippen LogP contribution in [0, 0.1) is 5.92 Å². The number of hydrogen-bond donors (Lipinski definition) is 0. The first-order chi connectivity index (χ1) is 6.54. The zero-order valence-electron chi connectivity index (χ0n) is 9.79. The molecule has 1 aliphatic rings. The maximum Gasteiger partial charge on any atom is 0.319 e. The van der Waals surface area contributed by atoms with Gasteiger partial charge in [-0.1, -0.05) is 19.8 Å². The van der Waals surface area contributed by atoms with E-state index in [2.05, 4.69) is 6.92 Å². The van der Waals surface area contributed by atoms with Gasteiger partial charge in [-0.3, -0.25) is 0 Å². The quantitative estimate of drug-likeness (QED) is 0.633. The standard InChI is InChI=1S/C11H22N2O/c1-9-7-5-6-8-10(9)13(4)11(14)12(2)3/h9-10H,5-8H2,1-4H3. The molecule has 2 unspecified atom stereocenters. The van der Waals surface area contributed by atoms with Crippen molar-refractivity contribution in [1.82, 2.24) is 9.80 Å². The molecule has 0 aromatic rings. The van der Waals surface area contributed by atoms with Gasteiger partial charge in [0, 0.05) is 27.2 Å². The molecule has 2 amide bonds. The Morgan fingerprint density at radius 2 is 1.71 bits per heavy atom. The maximum atomic E-state index is 11.7. The molecule has 0 aromatic heterocycles. The highest BCUT2D eigenvalue weighted by Crippen LogP contribution is 2.27. The number of hydrogen-bond acceptors (Lipinski definition) is 1. The highest BCUT2D eigenvalue weighted by Gasteiger charge is 2.28. The summed E-state index contributed by atoms with van der Waals surface area (Å²) < 4.78 is 0. The molecule has 2 atom stereocenters. The van der Waals surface area contributed by atoms with Gasteiger partial charge in [0.15, 0.2) is 0 Å². The van der Waals surface area contributed by atoms with Crippen molar-refractivity contribution in [3.63, 3.8) is 0 Å². The second kappa shape index (κ2) is 4.67. The average molecular weight is 198 g/mol. The van der Waals surface area contributed by atoms with E-state index in [1.165, 1.54) is 19.3 Å². The van der Waals surface area contributed by atoms with Crippen LogP contribution < -0.4 is 0 Å². The molecule has 1 saturated carbocycles. The van der Waals surface area contributed by atoms with E-state index in [1.54, 1.807) is 4.90 Å². The lowest BCUT2D eigenvalue weighted by atomic mass is 9.85. The summed E-state index contributed by atoms with van der Waals surface area (Å²) in [4.78, 5) is 15.3. The summed E-state index contributed by atoms with van der Waals surface area (Å²) in [6.45, 7) is 2.25. The molecule has 3 nitrogen and oxygen atoms in total. The van der Waals surface area contributed by atoms with Crippen molar-refractivity contribution in [2.24, 2.45) is 5.92 Å². The number of carbonyl (C=O) groups is 1. The minimum atomic E-state index is 0.128. The summed E-state index contributed by atoms with van der Waals surface area (Å²) in [5.41, 5.74) is 0. The summed E-state index contributed by atoms with van der Waals surface area (Å²) in [6, 6.07) is 0.572. The largest absolute Gasteiger partial charge is 0.331 e. The van der Waals surface area contributed by atoms with Gasteiger partial charge in [-0.15, -0.1) is 0 Å². The van der Waals surface area contributed by atoms with E-state index in [0.29, 0.717) is 12.0 Å². The average Bonchev–Trinajstić information content (AvgIpc) is 2.16. The molecular formula is C11H22N2O. The van der Waals surface area contributed by atoms with Crippen LogP contribution in [0.25, 0.3) is 0 Å². The van der Waals surface area contributed by atoms with E-state index in [-0.39, 0.29) is 6.03 Å². The molecule has 14 heavy (non-hydrogen) atoms. The van der Waals surface area contributed by atoms with Gasteiger partial charge >= 0.3 is 6.03 Å². The summed E-state index contributed by atoms with van der Waals surface area (Å²) in [6.07, 6.45) is 5.01. The summed E-state index contributed by atoms with van der Waals surface area (Å²) in [5, 5.41) is 0. The first kappa shape index (κ1) is 11.3. The third-order valence-corrected chi connectivity index (χ3v) is 3.25. The molecule has 0 N–H and O–H groups in total. The molecule has 0 spiro atoms. The van der Waals surface area contributed by atoms with Gasteiger partial charge in [0.2, 0.25) is 0 Å². The van der Waals surface area contributed by atoms with Crippen molar-refractivity contribution < 1.29 is 4.79 Å². The van der Waals surface area contributed by atoms with Gasteiger partial charge in [-0.25, -0.2) is 4.79 Å². The lowest BCUT2D eigenvalue weighted by Crippen LogP contribution is -2.46. The molecule has 0 bridgehead atoms. The third kappa shape index (κ3) is 2.40. The van der Waals surface area contributed by atoms with Crippen molar-refractivity contribution in [1.29, 1.82) is 0 Å². The molecule has 1 rings (SSSR count). The number of nitrogens with zero attached hydrogens (tertiary/aromatic N) is 2. The van der Waals surface area contributed by atoms with Gasteiger partial charge in [0.25, 0.3) is 0 Å². The van der Waals surface area contributed by atoms with Crippen LogP contribution in [0.2, 0.25) is 0 Å². The minimum Gasteiger partial charge on any atom is -0.331 e. The van der Waals surface area contributed by atoms with Crippen LogP contribution >= 0.6 is 0 Å². The molecule has 0 radical (unpaired) electrons. The monoisotopic (exact) mass is 198 g/mol. The number of urea groups is 1. The second-order valence-electron chi connectivity index (χ2n) is 4.62. The van der Waals surface area contributed by atoms with Gasteiger partial charge in [-0.2, -0.15) is 0 Å². The van der Waals surface area contributed by atoms with Crippen molar-refractivity contribution in [3.05, 3.63) is 0 Å². The van der Waals surface area contributed by atoms with Crippen LogP contribution in [-0.2, 0) is 0 Å². The Hall–Kier alpha value is -0.730. The van der Waals surface area contributed by atoms with E-state index in [4.69, 9.17) is 0 Å². The van der Waals surface area contributed by atoms with E-state index >= 15 is 0 Å². The van der Waals surface area contributed by atoms with Gasteiger partial charge in [0.05, 0.1) is 0 Å². The van der Waals surface area contributed by atoms with Crippen molar-refractivity contribution >= 4 is 6.03 Å². The van der Waals surface area contributed by atoms with Crippen LogP contribution in [0.15, 0.2) is 0 Å². The molecule has 1 aliphatic carbocycles. The van der Waals surface area contributed by atoms with Crippen molar-refractivity contribution in [2.45, 2.75) is 38.6 Å². The lowest BCUT2D eigenvalue weighted by Gasteiger charge is -2.37. The minimum absolute atomic E-state index is 0.128. The summed E-state index contributed by atoms with van der Waals surface area (Å²) >= 11 is 0. The molecule has 0 aromatic carbocycles. The van der Waals surface area contributed by atoms with Gasteiger partial charge < -0.3 is 9.80 Å². The van der Waals surface area contributed by atoms with E-state index < -0.39 is 0 Å². The highest BCUT2D eigenvalue weighted by atomic mass is 16.2. The topological polar surface area (TPSA) is 23.6 Å². The van der Waals surface area contributed by atoms with Crippen LogP contribution in [0.3, 0.4) is 0 Å². The van der Waals surface area contributed by atoms with Crippen molar-refractivity contribution in [2.75, 3.05) is 21.1 Å². The van der Waals surface area contributed by atoms with Crippen molar-refractivity contribution in [3.8, 4) is 0 Å². The molecule has 0 aliphatic heterocycles. The van der Waals surface area contributed by atoms with Gasteiger partial charge in [0.1, 0.15) is 0 Å². The Morgan fingerprint density at radius 3 is 2.21 bits per heavy atom. The highest BCUT2D eigenvalue weighted by molar-refractivity contribution is 5.73. The SMILES string of the molecule is CC1CCCCC1N(C)C(=O)N(C)C. The number of rotatable bonds is 1. The van der Waals surface area contributed by atoms with Crippen LogP contribution in [0.5, 0.6) is 0 Å². The molecule has 82 valence electrons. The Labute approximate surface area is 87.1 Å². The van der Waals surface area contributed by atoms with Gasteiger partial charge in [-0.05, 0) is 18.8 Å². The lowest BCUT2D eigenvalue weighted by molar-refractivity contribution is 0.126. The molecule has 3 heteroatoms. The Kier molecular flexibility index (Phi) is 3.78. The second-order valence-corrected chi connectivity index (χ2v) is 4.62. The molecular weight excluding hydrogens is 176 g/mol.